The summed E-state index contributed by atoms with van der Waals surface area (Å²) in [5.41, 5.74) is 4.36. The molecule has 3 heteroatoms. The highest BCUT2D eigenvalue weighted by Crippen LogP contribution is 2.35. The van der Waals surface area contributed by atoms with Crippen molar-refractivity contribution < 1.29 is 0 Å². The van der Waals surface area contributed by atoms with Crippen LogP contribution in [0.25, 0.3) is 16.6 Å². The Morgan fingerprint density at radius 3 is 2.55 bits per heavy atom. The second-order valence-electron chi connectivity index (χ2n) is 5.01. The molecule has 3 aromatic rings. The summed E-state index contributed by atoms with van der Waals surface area (Å²) in [6.07, 6.45) is 4.04. The molecule has 110 valence electrons. The topological polar surface area (TPSA) is 19.0 Å². The molecule has 0 atom stereocenters. The maximum Gasteiger partial charge on any atom is 0.0695 e. The summed E-state index contributed by atoms with van der Waals surface area (Å²) in [6, 6.07) is 18.5. The van der Waals surface area contributed by atoms with E-state index < -0.39 is 0 Å². The maximum absolute atomic E-state index is 4.53. The second-order valence-corrected chi connectivity index (χ2v) is 5.52. The van der Waals surface area contributed by atoms with Crippen LogP contribution in [0.4, 0.5) is 5.69 Å². The van der Waals surface area contributed by atoms with Crippen LogP contribution in [0.5, 0.6) is 0 Å². The molecule has 22 heavy (non-hydrogen) atoms. The first kappa shape index (κ1) is 14.5. The van der Waals surface area contributed by atoms with Crippen molar-refractivity contribution in [2.24, 2.45) is 0 Å². The third kappa shape index (κ3) is 2.55. The Kier molecular flexibility index (Phi) is 4.07. The monoisotopic (exact) mass is 306 g/mol. The molecule has 0 aliphatic carbocycles. The van der Waals surface area contributed by atoms with E-state index in [2.05, 4.69) is 65.5 Å². The summed E-state index contributed by atoms with van der Waals surface area (Å²) in [4.78, 5) is 5.33. The number of aromatic nitrogens is 1. The number of allylic oxidation sites excluding steroid dienone is 1. The normalized spacial score (nSPS) is 11.6. The van der Waals surface area contributed by atoms with E-state index in [-0.39, 0.29) is 0 Å². The van der Waals surface area contributed by atoms with Gasteiger partial charge in [0, 0.05) is 22.8 Å². The predicted molar refractivity (Wildman–Crippen MR) is 99.0 cm³/mol. The van der Waals surface area contributed by atoms with Crippen LogP contribution in [-0.4, -0.2) is 4.98 Å². The van der Waals surface area contributed by atoms with Crippen LogP contribution in [0.2, 0.25) is 0 Å². The van der Waals surface area contributed by atoms with Crippen molar-refractivity contribution in [3.8, 4) is 0 Å². The highest BCUT2D eigenvalue weighted by molar-refractivity contribution is 7.84. The summed E-state index contributed by atoms with van der Waals surface area (Å²) in [7, 11) is 0. The quantitative estimate of drug-likeness (QED) is 0.615. The third-order valence-electron chi connectivity index (χ3n) is 3.65. The first-order valence-electron chi connectivity index (χ1n) is 7.18. The zero-order valence-electron chi connectivity index (χ0n) is 12.5. The van der Waals surface area contributed by atoms with E-state index >= 15 is 0 Å². The van der Waals surface area contributed by atoms with Crippen molar-refractivity contribution in [1.82, 2.24) is 4.98 Å². The molecular formula is C19H18N2S. The van der Waals surface area contributed by atoms with Crippen LogP contribution in [-0.2, 0) is 0 Å². The number of anilines is 1. The fraction of sp³-hybridized carbons (Fsp3) is 0.0526. The Morgan fingerprint density at radius 1 is 1.09 bits per heavy atom. The molecule has 1 N–H and O–H groups in total. The van der Waals surface area contributed by atoms with Gasteiger partial charge in [-0.05, 0) is 30.7 Å². The molecule has 0 amide bonds. The van der Waals surface area contributed by atoms with Crippen LogP contribution in [0.1, 0.15) is 12.5 Å². The summed E-state index contributed by atoms with van der Waals surface area (Å²) in [5, 5.41) is 1.83. The van der Waals surface area contributed by atoms with Crippen molar-refractivity contribution >= 4 is 34.9 Å². The van der Waals surface area contributed by atoms with Gasteiger partial charge < -0.3 is 9.88 Å². The summed E-state index contributed by atoms with van der Waals surface area (Å²) < 4.78 is 0. The number of benzene rings is 2. The maximum atomic E-state index is 4.53. The summed E-state index contributed by atoms with van der Waals surface area (Å²) >= 11 is 4.53. The van der Waals surface area contributed by atoms with Gasteiger partial charge in [0.05, 0.1) is 10.7 Å². The van der Waals surface area contributed by atoms with Crippen LogP contribution in [0.15, 0.2) is 78.5 Å². The number of nitrogens with one attached hydrogen (secondary N) is 1. The van der Waals surface area contributed by atoms with Gasteiger partial charge in [0.25, 0.3) is 0 Å². The lowest BCUT2D eigenvalue weighted by Gasteiger charge is -2.28. The van der Waals surface area contributed by atoms with Gasteiger partial charge in [-0.15, -0.1) is 12.6 Å². The number of aromatic amines is 1. The largest absolute Gasteiger partial charge is 0.361 e. The van der Waals surface area contributed by atoms with Gasteiger partial charge in [0.15, 0.2) is 0 Å². The Hall–Kier alpha value is -2.39. The van der Waals surface area contributed by atoms with Gasteiger partial charge in [-0.3, -0.25) is 0 Å². The molecule has 0 fully saturated rings. The minimum absolute atomic E-state index is 0.686. The molecule has 3 rings (SSSR count). The number of thiol groups is 1. The molecule has 0 aliphatic heterocycles. The standard InChI is InChI=1S/C19H18N2S/c1-3-18(15-8-5-4-6-9-15)21(14(2)22)19-11-7-10-17-16(19)12-13-20-17/h3-13,20,22H,2H2,1H3/b18-3-. The Balaban J connectivity index is 2.18. The Bertz CT molecular complexity index is 831. The van der Waals surface area contributed by atoms with E-state index in [1.54, 1.807) is 0 Å². The van der Waals surface area contributed by atoms with E-state index in [4.69, 9.17) is 0 Å². The fourth-order valence-electron chi connectivity index (χ4n) is 2.71. The van der Waals surface area contributed by atoms with Gasteiger partial charge in [0.2, 0.25) is 0 Å². The number of H-pyrrole nitrogens is 1. The minimum atomic E-state index is 0.686. The van der Waals surface area contributed by atoms with E-state index in [1.165, 1.54) is 0 Å². The molecule has 2 nitrogen and oxygen atoms in total. The van der Waals surface area contributed by atoms with E-state index in [9.17, 15) is 0 Å². The molecule has 0 saturated heterocycles. The highest BCUT2D eigenvalue weighted by Gasteiger charge is 2.17. The molecule has 0 bridgehead atoms. The van der Waals surface area contributed by atoms with Crippen molar-refractivity contribution in [3.63, 3.8) is 0 Å². The zero-order chi connectivity index (χ0) is 15.5. The number of hydrogen-bond donors (Lipinski definition) is 2. The Morgan fingerprint density at radius 2 is 1.86 bits per heavy atom. The van der Waals surface area contributed by atoms with Gasteiger partial charge in [-0.2, -0.15) is 0 Å². The number of fused-ring (bicyclic) bond motifs is 1. The van der Waals surface area contributed by atoms with Crippen LogP contribution in [0, 0.1) is 0 Å². The van der Waals surface area contributed by atoms with Gasteiger partial charge in [0.1, 0.15) is 0 Å². The van der Waals surface area contributed by atoms with Crippen LogP contribution in [0.3, 0.4) is 0 Å². The number of hydrogen-bond acceptors (Lipinski definition) is 2. The molecule has 1 aromatic heterocycles. The predicted octanol–water partition coefficient (Wildman–Crippen LogP) is 5.44. The number of nitrogens with zero attached hydrogens (tertiary/aromatic N) is 1. The lowest BCUT2D eigenvalue weighted by atomic mass is 10.1. The van der Waals surface area contributed by atoms with Crippen molar-refractivity contribution in [2.45, 2.75) is 6.92 Å². The molecular weight excluding hydrogens is 288 g/mol. The van der Waals surface area contributed by atoms with E-state index in [0.717, 1.165) is 27.9 Å². The lowest BCUT2D eigenvalue weighted by Crippen LogP contribution is -2.17. The second kappa shape index (κ2) is 6.16. The molecule has 0 unspecified atom stereocenters. The number of rotatable bonds is 4. The van der Waals surface area contributed by atoms with Crippen molar-refractivity contribution in [3.05, 3.63) is 84.0 Å². The lowest BCUT2D eigenvalue weighted by molar-refractivity contribution is 1.29. The van der Waals surface area contributed by atoms with Gasteiger partial charge in [-0.25, -0.2) is 0 Å². The first-order valence-corrected chi connectivity index (χ1v) is 7.63. The average Bonchev–Trinajstić information content (AvgIpc) is 3.02. The van der Waals surface area contributed by atoms with E-state index in [1.807, 2.05) is 37.4 Å². The minimum Gasteiger partial charge on any atom is -0.361 e. The first-order chi connectivity index (χ1) is 10.7. The molecule has 2 aromatic carbocycles. The van der Waals surface area contributed by atoms with Gasteiger partial charge >= 0.3 is 0 Å². The molecule has 0 radical (unpaired) electrons. The summed E-state index contributed by atoms with van der Waals surface area (Å²) in [6.45, 7) is 6.09. The van der Waals surface area contributed by atoms with Crippen molar-refractivity contribution in [2.75, 3.05) is 4.90 Å². The van der Waals surface area contributed by atoms with E-state index in [0.29, 0.717) is 5.03 Å². The third-order valence-corrected chi connectivity index (χ3v) is 3.85. The molecule has 0 aliphatic rings. The average molecular weight is 306 g/mol. The SMILES string of the molecule is C=C(S)N(/C(=C\C)c1ccccc1)c1cccc2[nH]ccc12. The molecule has 0 saturated carbocycles. The smallest absolute Gasteiger partial charge is 0.0695 e. The Labute approximate surface area is 136 Å². The van der Waals surface area contributed by atoms with Crippen LogP contribution < -0.4 is 4.90 Å². The highest BCUT2D eigenvalue weighted by atomic mass is 32.1. The van der Waals surface area contributed by atoms with Crippen molar-refractivity contribution in [1.29, 1.82) is 0 Å². The van der Waals surface area contributed by atoms with Crippen LogP contribution >= 0.6 is 12.6 Å². The van der Waals surface area contributed by atoms with Gasteiger partial charge in [-0.1, -0.05) is 49.1 Å². The molecule has 1 heterocycles. The fourth-order valence-corrected chi connectivity index (χ4v) is 2.92. The molecule has 0 spiro atoms. The zero-order valence-corrected chi connectivity index (χ0v) is 13.3. The summed E-state index contributed by atoms with van der Waals surface area (Å²) in [5.74, 6) is 0.